The smallest absolute Gasteiger partial charge is 0.315 e. The van der Waals surface area contributed by atoms with Crippen molar-refractivity contribution in [2.45, 2.75) is 37.8 Å². The van der Waals surface area contributed by atoms with Crippen molar-refractivity contribution in [3.63, 3.8) is 0 Å². The standard InChI is InChI=1S/C17H21N3O3/c21-11-17(7-3-4-8-17)20-16(23)18-10-12-9-15(22)19-14-6-2-1-5-13(12)14/h1-2,5-6,9,21H,3-4,7-8,10-11H2,(H,19,22)(H2,18,20,23). The number of carbonyl (C=O) groups is 1. The van der Waals surface area contributed by atoms with Gasteiger partial charge in [0.2, 0.25) is 5.56 Å². The third kappa shape index (κ3) is 3.37. The van der Waals surface area contributed by atoms with Gasteiger partial charge in [0.05, 0.1) is 12.1 Å². The highest BCUT2D eigenvalue weighted by Crippen LogP contribution is 2.28. The molecule has 0 spiro atoms. The van der Waals surface area contributed by atoms with E-state index < -0.39 is 5.54 Å². The van der Waals surface area contributed by atoms with Gasteiger partial charge in [0, 0.05) is 23.5 Å². The number of fused-ring (bicyclic) bond motifs is 1. The van der Waals surface area contributed by atoms with E-state index in [2.05, 4.69) is 15.6 Å². The molecule has 1 fully saturated rings. The number of aliphatic hydroxyl groups is 1. The molecule has 6 nitrogen and oxygen atoms in total. The zero-order chi connectivity index (χ0) is 16.3. The number of hydrogen-bond acceptors (Lipinski definition) is 3. The Kier molecular flexibility index (Phi) is 4.34. The van der Waals surface area contributed by atoms with E-state index in [0.29, 0.717) is 0 Å². The molecule has 0 bridgehead atoms. The zero-order valence-electron chi connectivity index (χ0n) is 12.9. The fourth-order valence-corrected chi connectivity index (χ4v) is 3.26. The maximum absolute atomic E-state index is 12.1. The number of carbonyl (C=O) groups excluding carboxylic acids is 1. The number of pyridine rings is 1. The second-order valence-electron chi connectivity index (χ2n) is 6.16. The minimum Gasteiger partial charge on any atom is -0.394 e. The number of hydrogen-bond donors (Lipinski definition) is 4. The molecule has 0 atom stereocenters. The van der Waals surface area contributed by atoms with Crippen LogP contribution in [0.3, 0.4) is 0 Å². The van der Waals surface area contributed by atoms with E-state index in [1.807, 2.05) is 24.3 Å². The minimum atomic E-state index is -0.500. The number of aromatic amines is 1. The highest BCUT2D eigenvalue weighted by atomic mass is 16.3. The van der Waals surface area contributed by atoms with Gasteiger partial charge in [-0.25, -0.2) is 4.79 Å². The molecular formula is C17H21N3O3. The van der Waals surface area contributed by atoms with Crippen molar-refractivity contribution in [3.8, 4) is 0 Å². The molecule has 1 saturated carbocycles. The maximum Gasteiger partial charge on any atom is 0.315 e. The zero-order valence-corrected chi connectivity index (χ0v) is 12.9. The van der Waals surface area contributed by atoms with E-state index in [4.69, 9.17) is 0 Å². The first-order valence-electron chi connectivity index (χ1n) is 7.90. The topological polar surface area (TPSA) is 94.2 Å². The second-order valence-corrected chi connectivity index (χ2v) is 6.16. The molecule has 6 heteroatoms. The lowest BCUT2D eigenvalue weighted by molar-refractivity contribution is 0.163. The van der Waals surface area contributed by atoms with Crippen molar-refractivity contribution in [1.29, 1.82) is 0 Å². The number of aromatic nitrogens is 1. The molecule has 4 N–H and O–H groups in total. The van der Waals surface area contributed by atoms with Crippen molar-refractivity contribution in [1.82, 2.24) is 15.6 Å². The number of benzene rings is 1. The Hall–Kier alpha value is -2.34. The predicted molar refractivity (Wildman–Crippen MR) is 88.2 cm³/mol. The molecule has 23 heavy (non-hydrogen) atoms. The molecule has 0 saturated heterocycles. The molecule has 1 aromatic heterocycles. The molecule has 0 radical (unpaired) electrons. The van der Waals surface area contributed by atoms with Crippen LogP contribution in [0.4, 0.5) is 4.79 Å². The number of para-hydroxylation sites is 1. The summed E-state index contributed by atoms with van der Waals surface area (Å²) in [5.74, 6) is 0. The predicted octanol–water partition coefficient (Wildman–Crippen LogP) is 1.63. The van der Waals surface area contributed by atoms with E-state index in [-0.39, 0.29) is 24.7 Å². The SMILES string of the molecule is O=C(NCc1cc(=O)[nH]c2ccccc12)NC1(CO)CCCC1. The average molecular weight is 315 g/mol. The van der Waals surface area contributed by atoms with Gasteiger partial charge in [-0.15, -0.1) is 0 Å². The minimum absolute atomic E-state index is 0.0473. The average Bonchev–Trinajstić information content (AvgIpc) is 3.01. The Morgan fingerprint density at radius 1 is 1.26 bits per heavy atom. The van der Waals surface area contributed by atoms with Crippen LogP contribution >= 0.6 is 0 Å². The summed E-state index contributed by atoms with van der Waals surface area (Å²) in [4.78, 5) is 26.6. The normalized spacial score (nSPS) is 16.4. The van der Waals surface area contributed by atoms with Gasteiger partial charge in [-0.2, -0.15) is 0 Å². The van der Waals surface area contributed by atoms with Crippen molar-refractivity contribution in [3.05, 3.63) is 46.2 Å². The van der Waals surface area contributed by atoms with Gasteiger partial charge in [0.1, 0.15) is 0 Å². The summed E-state index contributed by atoms with van der Waals surface area (Å²) >= 11 is 0. The highest BCUT2D eigenvalue weighted by Gasteiger charge is 2.34. The number of nitrogens with one attached hydrogen (secondary N) is 3. The van der Waals surface area contributed by atoms with E-state index in [1.54, 1.807) is 0 Å². The third-order valence-electron chi connectivity index (χ3n) is 4.52. The van der Waals surface area contributed by atoms with Gasteiger partial charge < -0.3 is 20.7 Å². The van der Waals surface area contributed by atoms with Crippen LogP contribution in [0, 0.1) is 0 Å². The molecular weight excluding hydrogens is 294 g/mol. The van der Waals surface area contributed by atoms with Crippen LogP contribution in [-0.2, 0) is 6.54 Å². The molecule has 2 amide bonds. The molecule has 0 aliphatic heterocycles. The quantitative estimate of drug-likeness (QED) is 0.691. The lowest BCUT2D eigenvalue weighted by Gasteiger charge is -2.28. The molecule has 1 aliphatic rings. The van der Waals surface area contributed by atoms with E-state index in [0.717, 1.165) is 42.1 Å². The maximum atomic E-state index is 12.1. The van der Waals surface area contributed by atoms with Crippen LogP contribution in [0.15, 0.2) is 35.1 Å². The van der Waals surface area contributed by atoms with E-state index >= 15 is 0 Å². The van der Waals surface area contributed by atoms with Crippen LogP contribution in [0.1, 0.15) is 31.2 Å². The largest absolute Gasteiger partial charge is 0.394 e. The monoisotopic (exact) mass is 315 g/mol. The summed E-state index contributed by atoms with van der Waals surface area (Å²) in [5.41, 5.74) is 0.827. The summed E-state index contributed by atoms with van der Waals surface area (Å²) in [6.07, 6.45) is 3.62. The van der Waals surface area contributed by atoms with Crippen LogP contribution in [0.2, 0.25) is 0 Å². The number of amides is 2. The van der Waals surface area contributed by atoms with Crippen LogP contribution in [0.25, 0.3) is 10.9 Å². The summed E-state index contributed by atoms with van der Waals surface area (Å²) in [6.45, 7) is 0.214. The van der Waals surface area contributed by atoms with Crippen LogP contribution in [0.5, 0.6) is 0 Å². The lowest BCUT2D eigenvalue weighted by Crippen LogP contribution is -2.52. The first-order valence-corrected chi connectivity index (χ1v) is 7.90. The van der Waals surface area contributed by atoms with Crippen LogP contribution < -0.4 is 16.2 Å². The van der Waals surface area contributed by atoms with Gasteiger partial charge in [-0.1, -0.05) is 31.0 Å². The first-order chi connectivity index (χ1) is 11.1. The molecule has 1 aliphatic carbocycles. The highest BCUT2D eigenvalue weighted by molar-refractivity contribution is 5.82. The fourth-order valence-electron chi connectivity index (χ4n) is 3.26. The number of H-pyrrole nitrogens is 1. The molecule has 3 rings (SSSR count). The Bertz CT molecular complexity index is 763. The van der Waals surface area contributed by atoms with E-state index in [9.17, 15) is 14.7 Å². The lowest BCUT2D eigenvalue weighted by atomic mass is 9.99. The van der Waals surface area contributed by atoms with E-state index in [1.165, 1.54) is 6.07 Å². The van der Waals surface area contributed by atoms with Gasteiger partial charge in [-0.3, -0.25) is 4.79 Å². The number of urea groups is 1. The number of aliphatic hydroxyl groups excluding tert-OH is 1. The van der Waals surface area contributed by atoms with Crippen molar-refractivity contribution in [2.75, 3.05) is 6.61 Å². The Morgan fingerprint density at radius 3 is 2.74 bits per heavy atom. The molecule has 2 aromatic rings. The Labute approximate surface area is 133 Å². The van der Waals surface area contributed by atoms with Crippen molar-refractivity contribution >= 4 is 16.9 Å². The third-order valence-corrected chi connectivity index (χ3v) is 4.52. The van der Waals surface area contributed by atoms with Crippen molar-refractivity contribution in [2.24, 2.45) is 0 Å². The number of rotatable bonds is 4. The summed E-state index contributed by atoms with van der Waals surface area (Å²) in [6, 6.07) is 8.67. The van der Waals surface area contributed by atoms with Crippen molar-refractivity contribution < 1.29 is 9.90 Å². The molecule has 122 valence electrons. The Balaban J connectivity index is 1.71. The Morgan fingerprint density at radius 2 is 2.00 bits per heavy atom. The molecule has 0 unspecified atom stereocenters. The van der Waals surface area contributed by atoms with Gasteiger partial charge in [0.15, 0.2) is 0 Å². The van der Waals surface area contributed by atoms with Gasteiger partial charge in [0.25, 0.3) is 0 Å². The first kappa shape index (κ1) is 15.6. The summed E-state index contributed by atoms with van der Waals surface area (Å²) in [7, 11) is 0. The summed E-state index contributed by atoms with van der Waals surface area (Å²) in [5, 5.41) is 16.1. The van der Waals surface area contributed by atoms with Gasteiger partial charge >= 0.3 is 6.03 Å². The second kappa shape index (κ2) is 6.42. The fraction of sp³-hybridized carbons (Fsp3) is 0.412. The molecule has 1 aromatic carbocycles. The molecule has 1 heterocycles. The summed E-state index contributed by atoms with van der Waals surface area (Å²) < 4.78 is 0. The van der Waals surface area contributed by atoms with Gasteiger partial charge in [-0.05, 0) is 24.5 Å². The van der Waals surface area contributed by atoms with Crippen LogP contribution in [-0.4, -0.2) is 28.3 Å².